The quantitative estimate of drug-likeness (QED) is 0.755. The summed E-state index contributed by atoms with van der Waals surface area (Å²) in [4.78, 5) is 21.1. The lowest BCUT2D eigenvalue weighted by Gasteiger charge is -2.39. The normalized spacial score (nSPS) is 15.8. The number of aryl methyl sites for hydroxylation is 3. The highest BCUT2D eigenvalue weighted by molar-refractivity contribution is 5.92. The van der Waals surface area contributed by atoms with Gasteiger partial charge in [-0.25, -0.2) is 9.78 Å². The van der Waals surface area contributed by atoms with Crippen LogP contribution in [0, 0.1) is 13.8 Å². The maximum absolute atomic E-state index is 12.5. The molecule has 0 bridgehead atoms. The summed E-state index contributed by atoms with van der Waals surface area (Å²) in [6.07, 6.45) is 4.21. The summed E-state index contributed by atoms with van der Waals surface area (Å²) in [5, 5.41) is 15.0. The van der Waals surface area contributed by atoms with Crippen LogP contribution in [0.5, 0.6) is 0 Å². The van der Waals surface area contributed by atoms with Crippen LogP contribution in [0.3, 0.4) is 0 Å². The Morgan fingerprint density at radius 3 is 2.80 bits per heavy atom. The van der Waals surface area contributed by atoms with Crippen LogP contribution >= 0.6 is 0 Å². The first-order chi connectivity index (χ1) is 12.0. The zero-order valence-corrected chi connectivity index (χ0v) is 14.3. The van der Waals surface area contributed by atoms with Crippen molar-refractivity contribution < 1.29 is 9.32 Å². The van der Waals surface area contributed by atoms with Gasteiger partial charge in [0.1, 0.15) is 5.54 Å². The van der Waals surface area contributed by atoms with E-state index in [0.29, 0.717) is 17.4 Å². The molecule has 1 saturated carbocycles. The van der Waals surface area contributed by atoms with Crippen molar-refractivity contribution in [1.82, 2.24) is 30.2 Å². The van der Waals surface area contributed by atoms with Crippen molar-refractivity contribution in [3.05, 3.63) is 29.7 Å². The minimum atomic E-state index is -0.552. The molecular weight excluding hydrogens is 322 g/mol. The predicted molar refractivity (Wildman–Crippen MR) is 90.0 cm³/mol. The van der Waals surface area contributed by atoms with E-state index in [1.807, 2.05) is 20.0 Å². The first-order valence-corrected chi connectivity index (χ1v) is 8.16. The van der Waals surface area contributed by atoms with Gasteiger partial charge in [-0.3, -0.25) is 4.68 Å². The second-order valence-electron chi connectivity index (χ2n) is 6.46. The highest BCUT2D eigenvalue weighted by atomic mass is 16.5. The van der Waals surface area contributed by atoms with E-state index in [0.717, 1.165) is 36.0 Å². The van der Waals surface area contributed by atoms with Crippen LogP contribution in [-0.2, 0) is 12.6 Å². The number of pyridine rings is 1. The zero-order valence-electron chi connectivity index (χ0n) is 14.3. The molecule has 2 amide bonds. The van der Waals surface area contributed by atoms with Crippen LogP contribution in [0.1, 0.15) is 36.7 Å². The number of hydrogen-bond acceptors (Lipinski definition) is 6. The van der Waals surface area contributed by atoms with Gasteiger partial charge in [-0.15, -0.1) is 0 Å². The number of hydrogen-bond donors (Lipinski definition) is 2. The van der Waals surface area contributed by atoms with E-state index in [1.165, 1.54) is 0 Å². The molecule has 1 fully saturated rings. The first-order valence-electron chi connectivity index (χ1n) is 8.16. The Bertz CT molecular complexity index is 955. The Hall–Kier alpha value is -2.97. The molecule has 0 radical (unpaired) electrons. The van der Waals surface area contributed by atoms with E-state index in [-0.39, 0.29) is 6.03 Å². The number of aromatic nitrogens is 5. The monoisotopic (exact) mass is 341 g/mol. The number of rotatable bonds is 3. The van der Waals surface area contributed by atoms with Gasteiger partial charge in [0, 0.05) is 19.4 Å². The molecule has 0 unspecified atom stereocenters. The molecule has 0 spiro atoms. The predicted octanol–water partition coefficient (Wildman–Crippen LogP) is 2.17. The molecule has 3 heterocycles. The summed E-state index contributed by atoms with van der Waals surface area (Å²) in [6.45, 7) is 3.65. The fourth-order valence-corrected chi connectivity index (χ4v) is 3.18. The molecule has 0 atom stereocenters. The fourth-order valence-electron chi connectivity index (χ4n) is 3.18. The third-order valence-corrected chi connectivity index (χ3v) is 4.64. The van der Waals surface area contributed by atoms with Gasteiger partial charge in [-0.05, 0) is 32.3 Å². The number of fused-ring (bicyclic) bond motifs is 1. The summed E-state index contributed by atoms with van der Waals surface area (Å²) in [5.74, 6) is 1.02. The van der Waals surface area contributed by atoms with Crippen molar-refractivity contribution in [2.24, 2.45) is 7.05 Å². The van der Waals surface area contributed by atoms with Crippen LogP contribution in [0.25, 0.3) is 11.0 Å². The number of nitrogens with one attached hydrogen (secondary N) is 2. The number of amides is 2. The Morgan fingerprint density at radius 2 is 2.16 bits per heavy atom. The lowest BCUT2D eigenvalue weighted by molar-refractivity contribution is 0.171. The Kier molecular flexibility index (Phi) is 3.45. The molecule has 1 aliphatic rings. The van der Waals surface area contributed by atoms with Gasteiger partial charge >= 0.3 is 6.03 Å². The molecule has 0 aromatic carbocycles. The van der Waals surface area contributed by atoms with Crippen LogP contribution in [0.4, 0.5) is 10.5 Å². The standard InChI is InChI=1S/C16H19N7O2/c1-9-12-7-11(8-17-13(12)23(3)21-9)19-15(24)20-16(5-4-6-16)14-18-10(2)25-22-14/h7-8H,4-6H2,1-3H3,(H2,19,20,24). The molecule has 130 valence electrons. The van der Waals surface area contributed by atoms with Crippen molar-refractivity contribution >= 4 is 22.8 Å². The number of carbonyl (C=O) groups is 1. The molecule has 3 aromatic heterocycles. The average Bonchev–Trinajstić information content (AvgIpc) is 3.08. The van der Waals surface area contributed by atoms with Crippen molar-refractivity contribution in [1.29, 1.82) is 0 Å². The summed E-state index contributed by atoms with van der Waals surface area (Å²) in [5.41, 5.74) is 1.71. The van der Waals surface area contributed by atoms with Gasteiger partial charge in [0.25, 0.3) is 0 Å². The maximum atomic E-state index is 12.5. The summed E-state index contributed by atoms with van der Waals surface area (Å²) in [6, 6.07) is 1.56. The van der Waals surface area contributed by atoms with E-state index < -0.39 is 5.54 Å². The van der Waals surface area contributed by atoms with Crippen molar-refractivity contribution in [3.8, 4) is 0 Å². The smallest absolute Gasteiger partial charge is 0.320 e. The van der Waals surface area contributed by atoms with Gasteiger partial charge in [-0.1, -0.05) is 5.16 Å². The number of carbonyl (C=O) groups excluding carboxylic acids is 1. The lowest BCUT2D eigenvalue weighted by Crippen LogP contribution is -2.52. The lowest BCUT2D eigenvalue weighted by atomic mass is 9.76. The summed E-state index contributed by atoms with van der Waals surface area (Å²) >= 11 is 0. The van der Waals surface area contributed by atoms with Gasteiger partial charge in [0.2, 0.25) is 5.89 Å². The zero-order chi connectivity index (χ0) is 17.6. The van der Waals surface area contributed by atoms with Crippen molar-refractivity contribution in [2.45, 2.75) is 38.6 Å². The second kappa shape index (κ2) is 5.54. The number of urea groups is 1. The molecular formula is C16H19N7O2. The van der Waals surface area contributed by atoms with Gasteiger partial charge < -0.3 is 15.2 Å². The second-order valence-corrected chi connectivity index (χ2v) is 6.46. The van der Waals surface area contributed by atoms with Gasteiger partial charge in [0.15, 0.2) is 11.5 Å². The number of nitrogens with zero attached hydrogens (tertiary/aromatic N) is 5. The third-order valence-electron chi connectivity index (χ3n) is 4.64. The molecule has 4 rings (SSSR count). The highest BCUT2D eigenvalue weighted by Crippen LogP contribution is 2.39. The molecule has 3 aromatic rings. The minimum absolute atomic E-state index is 0.315. The van der Waals surface area contributed by atoms with Crippen LogP contribution in [-0.4, -0.2) is 30.9 Å². The molecule has 25 heavy (non-hydrogen) atoms. The average molecular weight is 341 g/mol. The topological polar surface area (TPSA) is 111 Å². The van der Waals surface area contributed by atoms with Gasteiger partial charge in [0.05, 0.1) is 17.6 Å². The summed E-state index contributed by atoms with van der Waals surface area (Å²) < 4.78 is 6.78. The molecule has 2 N–H and O–H groups in total. The largest absolute Gasteiger partial charge is 0.340 e. The summed E-state index contributed by atoms with van der Waals surface area (Å²) in [7, 11) is 1.84. The third kappa shape index (κ3) is 2.61. The highest BCUT2D eigenvalue weighted by Gasteiger charge is 2.44. The molecule has 0 aliphatic heterocycles. The van der Waals surface area contributed by atoms with E-state index in [1.54, 1.807) is 17.8 Å². The first kappa shape index (κ1) is 15.6. The molecule has 9 nitrogen and oxygen atoms in total. The SMILES string of the molecule is Cc1nc(C2(NC(=O)Nc3cnc4c(c3)c(C)nn4C)CCC2)no1. The van der Waals surface area contributed by atoms with Crippen molar-refractivity contribution in [2.75, 3.05) is 5.32 Å². The fraction of sp³-hybridized carbons (Fsp3) is 0.438. The van der Waals surface area contributed by atoms with Gasteiger partial charge in [-0.2, -0.15) is 10.1 Å². The number of anilines is 1. The van der Waals surface area contributed by atoms with Crippen molar-refractivity contribution in [3.63, 3.8) is 0 Å². The molecule has 1 aliphatic carbocycles. The maximum Gasteiger partial charge on any atom is 0.320 e. The Balaban J connectivity index is 1.53. The van der Waals surface area contributed by atoms with Crippen LogP contribution in [0.15, 0.2) is 16.8 Å². The van der Waals surface area contributed by atoms with Crippen LogP contribution in [0.2, 0.25) is 0 Å². The molecule has 9 heteroatoms. The van der Waals surface area contributed by atoms with E-state index in [4.69, 9.17) is 4.52 Å². The van der Waals surface area contributed by atoms with E-state index in [9.17, 15) is 4.79 Å². The Labute approximate surface area is 143 Å². The Morgan fingerprint density at radius 1 is 1.36 bits per heavy atom. The molecule has 0 saturated heterocycles. The van der Waals surface area contributed by atoms with E-state index in [2.05, 4.69) is 30.9 Å². The van der Waals surface area contributed by atoms with Crippen LogP contribution < -0.4 is 10.6 Å². The minimum Gasteiger partial charge on any atom is -0.340 e. The van der Waals surface area contributed by atoms with E-state index >= 15 is 0 Å².